The number of fused-ring (bicyclic) bond motifs is 1. The minimum Gasteiger partial charge on any atom is -0.452 e. The highest BCUT2D eigenvalue weighted by Crippen LogP contribution is 2.24. The van der Waals surface area contributed by atoms with Gasteiger partial charge in [-0.25, -0.2) is 14.5 Å². The Hall–Kier alpha value is -2.44. The van der Waals surface area contributed by atoms with E-state index in [1.54, 1.807) is 16.9 Å². The minimum absolute atomic E-state index is 0.0145. The maximum absolute atomic E-state index is 12.7. The lowest BCUT2D eigenvalue weighted by Gasteiger charge is -2.17. The van der Waals surface area contributed by atoms with E-state index in [2.05, 4.69) is 15.4 Å². The van der Waals surface area contributed by atoms with E-state index in [1.165, 1.54) is 0 Å². The van der Waals surface area contributed by atoms with Crippen molar-refractivity contribution in [2.24, 2.45) is 5.92 Å². The topological polar surface area (TPSA) is 86.1 Å². The fraction of sp³-hybridized carbons (Fsp3) is 0.600. The molecule has 2 rings (SSSR count). The first-order valence-corrected chi connectivity index (χ1v) is 9.46. The Kier molecular flexibility index (Phi) is 6.57. The summed E-state index contributed by atoms with van der Waals surface area (Å²) >= 11 is 0. The second-order valence-electron chi connectivity index (χ2n) is 7.85. The molecule has 0 saturated heterocycles. The Balaban J connectivity index is 2.26. The Bertz CT molecular complexity index is 824. The van der Waals surface area contributed by atoms with Crippen molar-refractivity contribution in [3.63, 3.8) is 0 Å². The van der Waals surface area contributed by atoms with Gasteiger partial charge in [0, 0.05) is 17.8 Å². The van der Waals surface area contributed by atoms with Crippen LogP contribution < -0.4 is 5.32 Å². The summed E-state index contributed by atoms with van der Waals surface area (Å²) in [5.74, 6) is -0.400. The summed E-state index contributed by atoms with van der Waals surface area (Å²) in [6.45, 7) is 13.7. The standard InChI is InChI=1S/C20H30N4O3/c1-11(2)14(7)22-18(25)10-27-20(26)15-8-17(12(3)4)23-19-16(15)9-21-24(19)13(5)6/h8-9,11-14H,10H2,1-7H3,(H,22,25)/t14-/m1/s1. The molecule has 27 heavy (non-hydrogen) atoms. The fourth-order valence-corrected chi connectivity index (χ4v) is 2.55. The molecule has 1 N–H and O–H groups in total. The second-order valence-corrected chi connectivity index (χ2v) is 7.85. The van der Waals surface area contributed by atoms with Crippen molar-refractivity contribution < 1.29 is 14.3 Å². The van der Waals surface area contributed by atoms with Crippen LogP contribution in [0.3, 0.4) is 0 Å². The molecule has 0 spiro atoms. The average Bonchev–Trinajstić information content (AvgIpc) is 3.02. The number of nitrogens with one attached hydrogen (secondary N) is 1. The van der Waals surface area contributed by atoms with Gasteiger partial charge in [-0.15, -0.1) is 0 Å². The fourth-order valence-electron chi connectivity index (χ4n) is 2.55. The predicted molar refractivity (Wildman–Crippen MR) is 105 cm³/mol. The smallest absolute Gasteiger partial charge is 0.339 e. The molecule has 1 atom stereocenters. The zero-order valence-electron chi connectivity index (χ0n) is 17.2. The van der Waals surface area contributed by atoms with Gasteiger partial charge in [0.05, 0.1) is 17.1 Å². The molecule has 1 amide bonds. The van der Waals surface area contributed by atoms with Gasteiger partial charge in [0.2, 0.25) is 0 Å². The summed E-state index contributed by atoms with van der Waals surface area (Å²) in [7, 11) is 0. The van der Waals surface area contributed by atoms with Crippen LogP contribution in [-0.4, -0.2) is 39.3 Å². The Morgan fingerprint density at radius 3 is 2.37 bits per heavy atom. The molecule has 0 aliphatic carbocycles. The zero-order chi connectivity index (χ0) is 20.3. The third-order valence-electron chi connectivity index (χ3n) is 4.61. The molecule has 0 radical (unpaired) electrons. The van der Waals surface area contributed by atoms with Crippen LogP contribution in [0.15, 0.2) is 12.3 Å². The van der Waals surface area contributed by atoms with Gasteiger partial charge in [0.15, 0.2) is 12.3 Å². The van der Waals surface area contributed by atoms with Crippen molar-refractivity contribution in [1.82, 2.24) is 20.1 Å². The normalized spacial score (nSPS) is 12.8. The van der Waals surface area contributed by atoms with E-state index in [9.17, 15) is 9.59 Å². The number of aromatic nitrogens is 3. The monoisotopic (exact) mass is 374 g/mol. The largest absolute Gasteiger partial charge is 0.452 e. The summed E-state index contributed by atoms with van der Waals surface area (Å²) in [6.07, 6.45) is 1.63. The van der Waals surface area contributed by atoms with E-state index in [1.807, 2.05) is 48.5 Å². The SMILES string of the molecule is CC(C)c1cc(C(=O)OCC(=O)N[C@H](C)C(C)C)c2cnn(C(C)C)c2n1. The minimum atomic E-state index is -0.542. The molecule has 0 unspecified atom stereocenters. The highest BCUT2D eigenvalue weighted by atomic mass is 16.5. The summed E-state index contributed by atoms with van der Waals surface area (Å²) < 4.78 is 7.05. The van der Waals surface area contributed by atoms with E-state index in [0.29, 0.717) is 22.5 Å². The first kappa shape index (κ1) is 20.9. The van der Waals surface area contributed by atoms with E-state index >= 15 is 0 Å². The summed E-state index contributed by atoms with van der Waals surface area (Å²) in [5.41, 5.74) is 1.83. The lowest BCUT2D eigenvalue weighted by atomic mass is 10.1. The number of esters is 1. The number of carbonyl (C=O) groups is 2. The van der Waals surface area contributed by atoms with Crippen LogP contribution in [0, 0.1) is 5.92 Å². The van der Waals surface area contributed by atoms with Gasteiger partial charge >= 0.3 is 5.97 Å². The van der Waals surface area contributed by atoms with Gasteiger partial charge in [0.1, 0.15) is 0 Å². The highest BCUT2D eigenvalue weighted by Gasteiger charge is 2.21. The van der Waals surface area contributed by atoms with Crippen LogP contribution in [0.5, 0.6) is 0 Å². The first-order chi connectivity index (χ1) is 12.6. The van der Waals surface area contributed by atoms with Crippen LogP contribution in [0.1, 0.15) is 76.5 Å². The Morgan fingerprint density at radius 2 is 1.81 bits per heavy atom. The van der Waals surface area contributed by atoms with E-state index in [-0.39, 0.29) is 30.5 Å². The molecular weight excluding hydrogens is 344 g/mol. The lowest BCUT2D eigenvalue weighted by molar-refractivity contribution is -0.125. The molecular formula is C20H30N4O3. The van der Waals surface area contributed by atoms with Crippen molar-refractivity contribution in [3.8, 4) is 0 Å². The van der Waals surface area contributed by atoms with Gasteiger partial charge in [-0.05, 0) is 38.7 Å². The molecule has 0 aromatic carbocycles. The van der Waals surface area contributed by atoms with Gasteiger partial charge in [-0.3, -0.25) is 4.79 Å². The average molecular weight is 374 g/mol. The molecule has 0 saturated carbocycles. The van der Waals surface area contributed by atoms with Crippen LogP contribution in [0.4, 0.5) is 0 Å². The number of nitrogens with zero attached hydrogens (tertiary/aromatic N) is 3. The number of pyridine rings is 1. The Morgan fingerprint density at radius 1 is 1.15 bits per heavy atom. The van der Waals surface area contributed by atoms with Crippen LogP contribution in [0.25, 0.3) is 11.0 Å². The zero-order valence-corrected chi connectivity index (χ0v) is 17.2. The van der Waals surface area contributed by atoms with E-state index in [0.717, 1.165) is 5.69 Å². The summed E-state index contributed by atoms with van der Waals surface area (Å²) in [5, 5.41) is 7.82. The molecule has 148 valence electrons. The molecule has 0 aliphatic rings. The van der Waals surface area contributed by atoms with E-state index < -0.39 is 5.97 Å². The number of hydrogen-bond donors (Lipinski definition) is 1. The number of ether oxygens (including phenoxy) is 1. The Labute approximate surface area is 160 Å². The summed E-state index contributed by atoms with van der Waals surface area (Å²) in [6, 6.07) is 1.86. The van der Waals surface area contributed by atoms with Gasteiger partial charge in [-0.1, -0.05) is 27.7 Å². The molecule has 7 heteroatoms. The number of amides is 1. The second kappa shape index (κ2) is 8.50. The molecule has 7 nitrogen and oxygen atoms in total. The summed E-state index contributed by atoms with van der Waals surface area (Å²) in [4.78, 5) is 29.3. The first-order valence-electron chi connectivity index (χ1n) is 9.46. The number of hydrogen-bond acceptors (Lipinski definition) is 5. The lowest BCUT2D eigenvalue weighted by Crippen LogP contribution is -2.38. The maximum Gasteiger partial charge on any atom is 0.339 e. The predicted octanol–water partition coefficient (Wildman–Crippen LogP) is 3.45. The highest BCUT2D eigenvalue weighted by molar-refractivity contribution is 6.03. The van der Waals surface area contributed by atoms with Crippen molar-refractivity contribution in [2.75, 3.05) is 6.61 Å². The van der Waals surface area contributed by atoms with Gasteiger partial charge in [-0.2, -0.15) is 5.10 Å². The molecule has 2 aromatic rings. The van der Waals surface area contributed by atoms with Crippen molar-refractivity contribution >= 4 is 22.9 Å². The quantitative estimate of drug-likeness (QED) is 0.750. The van der Waals surface area contributed by atoms with Crippen LogP contribution in [0.2, 0.25) is 0 Å². The molecule has 2 aromatic heterocycles. The number of rotatable bonds is 7. The van der Waals surface area contributed by atoms with Gasteiger partial charge < -0.3 is 10.1 Å². The van der Waals surface area contributed by atoms with Crippen molar-refractivity contribution in [3.05, 3.63) is 23.5 Å². The van der Waals surface area contributed by atoms with Gasteiger partial charge in [0.25, 0.3) is 5.91 Å². The third-order valence-corrected chi connectivity index (χ3v) is 4.61. The maximum atomic E-state index is 12.7. The van der Waals surface area contributed by atoms with Crippen molar-refractivity contribution in [1.29, 1.82) is 0 Å². The van der Waals surface area contributed by atoms with Crippen LogP contribution >= 0.6 is 0 Å². The van der Waals surface area contributed by atoms with Crippen molar-refractivity contribution in [2.45, 2.75) is 66.5 Å². The third kappa shape index (κ3) is 4.84. The van der Waals surface area contributed by atoms with Crippen LogP contribution in [-0.2, 0) is 9.53 Å². The molecule has 0 fully saturated rings. The van der Waals surface area contributed by atoms with E-state index in [4.69, 9.17) is 4.74 Å². The number of carbonyl (C=O) groups excluding carboxylic acids is 2. The molecule has 0 bridgehead atoms. The molecule has 0 aliphatic heterocycles. The molecule has 2 heterocycles.